The van der Waals surface area contributed by atoms with Gasteiger partial charge >= 0.3 is 0 Å². The Morgan fingerprint density at radius 3 is 3.20 bits per heavy atom. The van der Waals surface area contributed by atoms with Crippen LogP contribution in [0, 0.1) is 0 Å². The fraction of sp³-hybridized carbons (Fsp3) is 0.375. The fourth-order valence-corrected chi connectivity index (χ4v) is 2.66. The van der Waals surface area contributed by atoms with Gasteiger partial charge in [-0.1, -0.05) is 12.1 Å². The molecule has 1 aromatic heterocycles. The van der Waals surface area contributed by atoms with Crippen LogP contribution in [0.3, 0.4) is 0 Å². The summed E-state index contributed by atoms with van der Waals surface area (Å²) in [7, 11) is 0. The van der Waals surface area contributed by atoms with E-state index in [-0.39, 0.29) is 11.9 Å². The van der Waals surface area contributed by atoms with E-state index in [9.17, 15) is 4.79 Å². The molecule has 2 aromatic rings. The minimum Gasteiger partial charge on any atom is -0.337 e. The normalized spacial score (nSPS) is 20.1. The van der Waals surface area contributed by atoms with E-state index < -0.39 is 0 Å². The van der Waals surface area contributed by atoms with Crippen LogP contribution < -0.4 is 5.32 Å². The Kier molecular flexibility index (Phi) is 3.65. The summed E-state index contributed by atoms with van der Waals surface area (Å²) >= 11 is 0. The van der Waals surface area contributed by atoms with E-state index in [1.807, 2.05) is 24.0 Å². The maximum absolute atomic E-state index is 12.3. The first-order chi connectivity index (χ1) is 9.74. The number of benzene rings is 1. The van der Waals surface area contributed by atoms with Gasteiger partial charge in [-0.2, -0.15) is 0 Å². The zero-order chi connectivity index (χ0) is 13.9. The molecule has 3 rings (SSSR count). The molecule has 1 aliphatic heterocycles. The maximum atomic E-state index is 12.3. The van der Waals surface area contributed by atoms with Gasteiger partial charge in [-0.25, -0.2) is 0 Å². The molecule has 20 heavy (non-hydrogen) atoms. The van der Waals surface area contributed by atoms with Crippen molar-refractivity contribution < 1.29 is 4.79 Å². The number of rotatable bonds is 2. The van der Waals surface area contributed by atoms with Crippen molar-refractivity contribution in [3.63, 3.8) is 0 Å². The topological polar surface area (TPSA) is 45.2 Å². The Balaban J connectivity index is 1.82. The monoisotopic (exact) mass is 269 g/mol. The third kappa shape index (κ3) is 2.65. The number of aromatic nitrogens is 1. The van der Waals surface area contributed by atoms with Crippen LogP contribution in [0.5, 0.6) is 0 Å². The Labute approximate surface area is 118 Å². The van der Waals surface area contributed by atoms with E-state index in [4.69, 9.17) is 0 Å². The van der Waals surface area contributed by atoms with E-state index in [1.165, 1.54) is 0 Å². The van der Waals surface area contributed by atoms with E-state index in [0.717, 1.165) is 36.0 Å². The van der Waals surface area contributed by atoms with Gasteiger partial charge in [0.15, 0.2) is 0 Å². The molecule has 1 N–H and O–H groups in total. The Morgan fingerprint density at radius 1 is 1.40 bits per heavy atom. The second-order valence-electron chi connectivity index (χ2n) is 5.32. The molecule has 1 fully saturated rings. The molecule has 0 saturated carbocycles. The first kappa shape index (κ1) is 13.1. The van der Waals surface area contributed by atoms with Crippen LogP contribution in [0.4, 0.5) is 0 Å². The number of carbonyl (C=O) groups excluding carboxylic acids is 1. The molecule has 0 spiro atoms. The largest absolute Gasteiger partial charge is 0.337 e. The number of amides is 1. The summed E-state index contributed by atoms with van der Waals surface area (Å²) in [5.41, 5.74) is 2.15. The zero-order valence-corrected chi connectivity index (χ0v) is 11.7. The molecular weight excluding hydrogens is 250 g/mol. The molecule has 104 valence electrons. The van der Waals surface area contributed by atoms with E-state index >= 15 is 0 Å². The summed E-state index contributed by atoms with van der Waals surface area (Å²) in [4.78, 5) is 18.5. The molecule has 1 aromatic carbocycles. The molecule has 4 heteroatoms. The van der Waals surface area contributed by atoms with Crippen molar-refractivity contribution in [2.45, 2.75) is 25.9 Å². The summed E-state index contributed by atoms with van der Waals surface area (Å²) in [6.45, 7) is 4.34. The van der Waals surface area contributed by atoms with Crippen LogP contribution in [0.1, 0.15) is 18.9 Å². The number of pyridine rings is 1. The van der Waals surface area contributed by atoms with Crippen LogP contribution in [-0.2, 0) is 11.3 Å². The number of fused-ring (bicyclic) bond motifs is 1. The number of hydrogen-bond acceptors (Lipinski definition) is 3. The molecule has 0 bridgehead atoms. The Hall–Kier alpha value is -1.94. The molecule has 2 heterocycles. The Morgan fingerprint density at radius 2 is 2.30 bits per heavy atom. The molecule has 0 radical (unpaired) electrons. The van der Waals surface area contributed by atoms with Crippen molar-refractivity contribution in [3.8, 4) is 0 Å². The first-order valence-corrected chi connectivity index (χ1v) is 7.10. The second kappa shape index (κ2) is 5.59. The molecule has 1 atom stereocenters. The SMILES string of the molecule is CC1NCCCN(Cc2ccc3ncccc3c2)C1=O. The van der Waals surface area contributed by atoms with Crippen LogP contribution in [0.15, 0.2) is 36.5 Å². The van der Waals surface area contributed by atoms with Gasteiger partial charge in [0.25, 0.3) is 0 Å². The highest BCUT2D eigenvalue weighted by molar-refractivity contribution is 5.82. The lowest BCUT2D eigenvalue weighted by Crippen LogP contribution is -2.41. The summed E-state index contributed by atoms with van der Waals surface area (Å²) < 4.78 is 0. The molecule has 1 amide bonds. The van der Waals surface area contributed by atoms with Gasteiger partial charge in [-0.15, -0.1) is 0 Å². The average Bonchev–Trinajstić information content (AvgIpc) is 2.63. The summed E-state index contributed by atoms with van der Waals surface area (Å²) in [6.07, 6.45) is 2.80. The lowest BCUT2D eigenvalue weighted by molar-refractivity contribution is -0.132. The van der Waals surface area contributed by atoms with Gasteiger partial charge in [-0.05, 0) is 43.7 Å². The van der Waals surface area contributed by atoms with Crippen molar-refractivity contribution >= 4 is 16.8 Å². The third-order valence-electron chi connectivity index (χ3n) is 3.78. The third-order valence-corrected chi connectivity index (χ3v) is 3.78. The predicted molar refractivity (Wildman–Crippen MR) is 79.2 cm³/mol. The molecule has 0 aliphatic carbocycles. The standard InChI is InChI=1S/C16H19N3O/c1-12-16(20)19(9-3-8-17-12)11-13-5-6-15-14(10-13)4-2-7-18-15/h2,4-7,10,12,17H,3,8-9,11H2,1H3. The number of carbonyl (C=O) groups is 1. The van der Waals surface area contributed by atoms with Gasteiger partial charge in [0.05, 0.1) is 11.6 Å². The van der Waals surface area contributed by atoms with Crippen molar-refractivity contribution in [1.29, 1.82) is 0 Å². The molecule has 1 saturated heterocycles. The van der Waals surface area contributed by atoms with Gasteiger partial charge in [-0.3, -0.25) is 9.78 Å². The van der Waals surface area contributed by atoms with Crippen LogP contribution in [-0.4, -0.2) is 34.9 Å². The van der Waals surface area contributed by atoms with Crippen molar-refractivity contribution in [3.05, 3.63) is 42.1 Å². The molecule has 1 aliphatic rings. The van der Waals surface area contributed by atoms with E-state index in [1.54, 1.807) is 6.20 Å². The van der Waals surface area contributed by atoms with Crippen LogP contribution >= 0.6 is 0 Å². The van der Waals surface area contributed by atoms with Crippen molar-refractivity contribution in [2.75, 3.05) is 13.1 Å². The van der Waals surface area contributed by atoms with Crippen LogP contribution in [0.2, 0.25) is 0 Å². The highest BCUT2D eigenvalue weighted by atomic mass is 16.2. The number of hydrogen-bond donors (Lipinski definition) is 1. The van der Waals surface area contributed by atoms with Crippen LogP contribution in [0.25, 0.3) is 10.9 Å². The minimum atomic E-state index is -0.0837. The van der Waals surface area contributed by atoms with Crippen molar-refractivity contribution in [1.82, 2.24) is 15.2 Å². The summed E-state index contributed by atoms with van der Waals surface area (Å²) in [5.74, 6) is 0.189. The van der Waals surface area contributed by atoms with Gasteiger partial charge in [0, 0.05) is 24.7 Å². The summed E-state index contributed by atoms with van der Waals surface area (Å²) in [6, 6.07) is 10.1. The minimum absolute atomic E-state index is 0.0837. The lowest BCUT2D eigenvalue weighted by Gasteiger charge is -2.22. The Bertz CT molecular complexity index is 626. The fourth-order valence-electron chi connectivity index (χ4n) is 2.66. The number of nitrogens with one attached hydrogen (secondary N) is 1. The maximum Gasteiger partial charge on any atom is 0.239 e. The van der Waals surface area contributed by atoms with Gasteiger partial charge in [0.2, 0.25) is 5.91 Å². The quantitative estimate of drug-likeness (QED) is 0.906. The first-order valence-electron chi connectivity index (χ1n) is 7.10. The van der Waals surface area contributed by atoms with Gasteiger partial charge < -0.3 is 10.2 Å². The predicted octanol–water partition coefficient (Wildman–Crippen LogP) is 1.95. The van der Waals surface area contributed by atoms with Crippen molar-refractivity contribution in [2.24, 2.45) is 0 Å². The number of nitrogens with zero attached hydrogens (tertiary/aromatic N) is 2. The smallest absolute Gasteiger partial charge is 0.239 e. The molecular formula is C16H19N3O. The van der Waals surface area contributed by atoms with E-state index in [2.05, 4.69) is 28.5 Å². The molecule has 4 nitrogen and oxygen atoms in total. The average molecular weight is 269 g/mol. The van der Waals surface area contributed by atoms with Gasteiger partial charge in [0.1, 0.15) is 0 Å². The molecule has 1 unspecified atom stereocenters. The second-order valence-corrected chi connectivity index (χ2v) is 5.32. The highest BCUT2D eigenvalue weighted by Crippen LogP contribution is 2.16. The summed E-state index contributed by atoms with van der Waals surface area (Å²) in [5, 5.41) is 4.36. The highest BCUT2D eigenvalue weighted by Gasteiger charge is 2.22. The van der Waals surface area contributed by atoms with E-state index in [0.29, 0.717) is 6.54 Å². The lowest BCUT2D eigenvalue weighted by atomic mass is 10.1. The zero-order valence-electron chi connectivity index (χ0n) is 11.7.